The standard InChI is InChI=1S/C16H17N3O6/c1-24-13-7-6-11(19(22)23)10-12(13)18-15(20)5-2-8-17-16(21)14-4-3-9-25-14/h3-4,6-7,9-10H,2,5,8H2,1H3,(H,17,21)(H,18,20). The quantitative estimate of drug-likeness (QED) is 0.429. The van der Waals surface area contributed by atoms with E-state index in [0.29, 0.717) is 18.7 Å². The second-order valence-corrected chi connectivity index (χ2v) is 5.03. The Bertz CT molecular complexity index is 757. The number of carbonyl (C=O) groups is 2. The lowest BCUT2D eigenvalue weighted by Gasteiger charge is -2.10. The highest BCUT2D eigenvalue weighted by Crippen LogP contribution is 2.28. The maximum atomic E-state index is 12.0. The number of nitrogens with one attached hydrogen (secondary N) is 2. The lowest BCUT2D eigenvalue weighted by atomic mass is 10.2. The summed E-state index contributed by atoms with van der Waals surface area (Å²) in [5.41, 5.74) is 0.0723. The fraction of sp³-hybridized carbons (Fsp3) is 0.250. The third-order valence-electron chi connectivity index (χ3n) is 3.28. The first-order valence-corrected chi connectivity index (χ1v) is 7.45. The van der Waals surface area contributed by atoms with Gasteiger partial charge in [0.15, 0.2) is 5.76 Å². The van der Waals surface area contributed by atoms with Crippen molar-refractivity contribution >= 4 is 23.2 Å². The molecule has 1 heterocycles. The summed E-state index contributed by atoms with van der Waals surface area (Å²) in [6.07, 6.45) is 1.93. The van der Waals surface area contributed by atoms with E-state index in [2.05, 4.69) is 10.6 Å². The molecular formula is C16H17N3O6. The van der Waals surface area contributed by atoms with Crippen LogP contribution in [-0.2, 0) is 4.79 Å². The molecule has 0 saturated heterocycles. The van der Waals surface area contributed by atoms with Crippen LogP contribution in [0.5, 0.6) is 5.75 Å². The van der Waals surface area contributed by atoms with E-state index in [4.69, 9.17) is 9.15 Å². The molecule has 25 heavy (non-hydrogen) atoms. The van der Waals surface area contributed by atoms with Gasteiger partial charge < -0.3 is 19.8 Å². The van der Waals surface area contributed by atoms with Crippen molar-refractivity contribution < 1.29 is 23.7 Å². The minimum absolute atomic E-state index is 0.129. The average molecular weight is 347 g/mol. The number of rotatable bonds is 8. The number of non-ortho nitro benzene ring substituents is 1. The van der Waals surface area contributed by atoms with Gasteiger partial charge in [-0.25, -0.2) is 0 Å². The van der Waals surface area contributed by atoms with Gasteiger partial charge in [0.2, 0.25) is 5.91 Å². The first-order chi connectivity index (χ1) is 12.0. The largest absolute Gasteiger partial charge is 0.495 e. The number of anilines is 1. The number of amides is 2. The monoisotopic (exact) mass is 347 g/mol. The summed E-state index contributed by atoms with van der Waals surface area (Å²) in [6.45, 7) is 0.291. The zero-order chi connectivity index (χ0) is 18.2. The van der Waals surface area contributed by atoms with Crippen molar-refractivity contribution in [2.24, 2.45) is 0 Å². The summed E-state index contributed by atoms with van der Waals surface area (Å²) in [4.78, 5) is 33.9. The zero-order valence-electron chi connectivity index (χ0n) is 13.5. The van der Waals surface area contributed by atoms with Crippen molar-refractivity contribution in [1.29, 1.82) is 0 Å². The summed E-state index contributed by atoms with van der Waals surface area (Å²) in [6, 6.07) is 7.08. The fourth-order valence-electron chi connectivity index (χ4n) is 2.07. The molecule has 2 amide bonds. The van der Waals surface area contributed by atoms with Crippen LogP contribution in [0.2, 0.25) is 0 Å². The van der Waals surface area contributed by atoms with E-state index in [1.54, 1.807) is 6.07 Å². The van der Waals surface area contributed by atoms with Crippen LogP contribution in [0.1, 0.15) is 23.4 Å². The summed E-state index contributed by atoms with van der Waals surface area (Å²) in [7, 11) is 1.40. The molecule has 0 aliphatic rings. The highest BCUT2D eigenvalue weighted by Gasteiger charge is 2.14. The van der Waals surface area contributed by atoms with Crippen molar-refractivity contribution in [2.75, 3.05) is 19.0 Å². The molecule has 2 N–H and O–H groups in total. The number of carbonyl (C=O) groups excluding carboxylic acids is 2. The van der Waals surface area contributed by atoms with Crippen molar-refractivity contribution in [3.05, 3.63) is 52.5 Å². The van der Waals surface area contributed by atoms with Gasteiger partial charge in [0, 0.05) is 25.1 Å². The molecule has 9 nitrogen and oxygen atoms in total. The Morgan fingerprint density at radius 2 is 2.12 bits per heavy atom. The Morgan fingerprint density at radius 1 is 1.32 bits per heavy atom. The number of furan rings is 1. The molecular weight excluding hydrogens is 330 g/mol. The number of nitro groups is 1. The van der Waals surface area contributed by atoms with E-state index in [-0.39, 0.29) is 35.4 Å². The summed E-state index contributed by atoms with van der Waals surface area (Å²) >= 11 is 0. The maximum absolute atomic E-state index is 12.0. The lowest BCUT2D eigenvalue weighted by molar-refractivity contribution is -0.384. The lowest BCUT2D eigenvalue weighted by Crippen LogP contribution is -2.25. The summed E-state index contributed by atoms with van der Waals surface area (Å²) in [5.74, 6) is -0.173. The van der Waals surface area contributed by atoms with Gasteiger partial charge in [-0.2, -0.15) is 0 Å². The SMILES string of the molecule is COc1ccc([N+](=O)[O-])cc1NC(=O)CCCNC(=O)c1ccco1. The normalized spacial score (nSPS) is 10.1. The Balaban J connectivity index is 1.83. The van der Waals surface area contributed by atoms with Gasteiger partial charge in [-0.15, -0.1) is 0 Å². The highest BCUT2D eigenvalue weighted by atomic mass is 16.6. The summed E-state index contributed by atoms with van der Waals surface area (Å²) < 4.78 is 10.0. The van der Waals surface area contributed by atoms with Crippen molar-refractivity contribution in [1.82, 2.24) is 5.32 Å². The second kappa shape index (κ2) is 8.48. The minimum Gasteiger partial charge on any atom is -0.495 e. The number of nitro benzene ring substituents is 1. The highest BCUT2D eigenvalue weighted by molar-refractivity contribution is 5.93. The number of ether oxygens (including phenoxy) is 1. The Kier molecular flexibility index (Phi) is 6.10. The molecule has 1 aromatic heterocycles. The van der Waals surface area contributed by atoms with Crippen molar-refractivity contribution in [3.63, 3.8) is 0 Å². The molecule has 9 heteroatoms. The Morgan fingerprint density at radius 3 is 2.76 bits per heavy atom. The van der Waals surface area contributed by atoms with Crippen molar-refractivity contribution in [2.45, 2.75) is 12.8 Å². The molecule has 0 bridgehead atoms. The number of benzene rings is 1. The molecule has 0 aliphatic heterocycles. The van der Waals surface area contributed by atoms with Gasteiger partial charge >= 0.3 is 0 Å². The van der Waals surface area contributed by atoms with Gasteiger partial charge in [0.25, 0.3) is 11.6 Å². The van der Waals surface area contributed by atoms with Gasteiger partial charge in [-0.3, -0.25) is 19.7 Å². The van der Waals surface area contributed by atoms with E-state index in [1.807, 2.05) is 0 Å². The average Bonchev–Trinajstić information content (AvgIpc) is 3.13. The van der Waals surface area contributed by atoms with E-state index in [0.717, 1.165) is 0 Å². The minimum atomic E-state index is -0.556. The molecule has 132 valence electrons. The summed E-state index contributed by atoms with van der Waals surface area (Å²) in [5, 5.41) is 16.0. The molecule has 0 fully saturated rings. The fourth-order valence-corrected chi connectivity index (χ4v) is 2.07. The first-order valence-electron chi connectivity index (χ1n) is 7.45. The predicted molar refractivity (Wildman–Crippen MR) is 88.6 cm³/mol. The third kappa shape index (κ3) is 5.06. The van der Waals surface area contributed by atoms with E-state index in [9.17, 15) is 19.7 Å². The van der Waals surface area contributed by atoms with Crippen LogP contribution in [0, 0.1) is 10.1 Å². The van der Waals surface area contributed by atoms with E-state index in [1.165, 1.54) is 37.6 Å². The van der Waals surface area contributed by atoms with Crippen LogP contribution in [0.3, 0.4) is 0 Å². The van der Waals surface area contributed by atoms with Crippen LogP contribution in [-0.4, -0.2) is 30.4 Å². The molecule has 0 saturated carbocycles. The molecule has 0 aliphatic carbocycles. The van der Waals surface area contributed by atoms with Crippen LogP contribution >= 0.6 is 0 Å². The molecule has 0 unspecified atom stereocenters. The number of hydrogen-bond acceptors (Lipinski definition) is 6. The van der Waals surface area contributed by atoms with Crippen LogP contribution in [0.4, 0.5) is 11.4 Å². The molecule has 1 aromatic carbocycles. The van der Waals surface area contributed by atoms with Crippen molar-refractivity contribution in [3.8, 4) is 5.75 Å². The van der Waals surface area contributed by atoms with Crippen LogP contribution < -0.4 is 15.4 Å². The topological polar surface area (TPSA) is 124 Å². The number of hydrogen-bond donors (Lipinski definition) is 2. The van der Waals surface area contributed by atoms with Crippen LogP contribution in [0.25, 0.3) is 0 Å². The third-order valence-corrected chi connectivity index (χ3v) is 3.28. The van der Waals surface area contributed by atoms with Gasteiger partial charge in [-0.1, -0.05) is 0 Å². The van der Waals surface area contributed by atoms with E-state index >= 15 is 0 Å². The molecule has 0 atom stereocenters. The molecule has 0 radical (unpaired) electrons. The number of nitrogens with zero attached hydrogens (tertiary/aromatic N) is 1. The Labute approximate surface area is 143 Å². The van der Waals surface area contributed by atoms with E-state index < -0.39 is 4.92 Å². The second-order valence-electron chi connectivity index (χ2n) is 5.03. The zero-order valence-corrected chi connectivity index (χ0v) is 13.5. The first kappa shape index (κ1) is 18.0. The predicted octanol–water partition coefficient (Wildman–Crippen LogP) is 2.35. The van der Waals surface area contributed by atoms with Gasteiger partial charge in [0.05, 0.1) is 24.0 Å². The molecule has 2 aromatic rings. The number of methoxy groups -OCH3 is 1. The van der Waals surface area contributed by atoms with Crippen LogP contribution in [0.15, 0.2) is 41.0 Å². The molecule has 2 rings (SSSR count). The maximum Gasteiger partial charge on any atom is 0.286 e. The van der Waals surface area contributed by atoms with Gasteiger partial charge in [0.1, 0.15) is 5.75 Å². The Hall–Kier alpha value is -3.36. The molecule has 0 spiro atoms. The van der Waals surface area contributed by atoms with Gasteiger partial charge in [-0.05, 0) is 24.6 Å². The smallest absolute Gasteiger partial charge is 0.286 e.